The summed E-state index contributed by atoms with van der Waals surface area (Å²) >= 11 is 0. The molecule has 0 fully saturated rings. The molecule has 5 rings (SSSR count). The Hall–Kier alpha value is -5.52. The van der Waals surface area contributed by atoms with Crippen LogP contribution >= 0.6 is 0 Å². The monoisotopic (exact) mass is 796 g/mol. The molecule has 0 saturated heterocycles. The molecule has 0 bridgehead atoms. The van der Waals surface area contributed by atoms with E-state index in [0.717, 1.165) is 11.1 Å². The van der Waals surface area contributed by atoms with Gasteiger partial charge in [0, 0.05) is 19.8 Å². The van der Waals surface area contributed by atoms with Gasteiger partial charge in [0.25, 0.3) is 0 Å². The standard InChI is InChI=1S/C40H44O15S/c1-26-12-15-29(16-13-26)56(42,43)55-37-33(41)32-35(52-24-49-20-18-44-2)40(53-25-50-21-19-45-3)39(48-6)38(47-5)36(32)54-34(37)28-14-17-30(31(22-28)46-4)51-23-27-10-8-7-9-11-27/h7-17,22H,18-21,23-25H2,1-6H3. The summed E-state index contributed by atoms with van der Waals surface area (Å²) in [6, 6.07) is 20.1. The van der Waals surface area contributed by atoms with Crippen molar-refractivity contribution in [3.8, 4) is 51.6 Å². The third kappa shape index (κ3) is 9.82. The van der Waals surface area contributed by atoms with E-state index in [2.05, 4.69) is 0 Å². The number of benzene rings is 4. The van der Waals surface area contributed by atoms with Crippen molar-refractivity contribution in [3.05, 3.63) is 94.1 Å². The Morgan fingerprint density at radius 1 is 0.625 bits per heavy atom. The average Bonchev–Trinajstić information content (AvgIpc) is 3.21. The highest BCUT2D eigenvalue weighted by atomic mass is 32.2. The Morgan fingerprint density at radius 3 is 1.88 bits per heavy atom. The topological polar surface area (TPSA) is 166 Å². The first-order valence-electron chi connectivity index (χ1n) is 17.2. The van der Waals surface area contributed by atoms with Crippen molar-refractivity contribution in [1.82, 2.24) is 0 Å². The van der Waals surface area contributed by atoms with Crippen molar-refractivity contribution >= 4 is 21.1 Å². The summed E-state index contributed by atoms with van der Waals surface area (Å²) in [4.78, 5) is 14.7. The molecule has 0 atom stereocenters. The fourth-order valence-corrected chi connectivity index (χ4v) is 6.28. The van der Waals surface area contributed by atoms with Gasteiger partial charge < -0.3 is 56.0 Å². The van der Waals surface area contributed by atoms with Crippen molar-refractivity contribution in [1.29, 1.82) is 0 Å². The van der Waals surface area contributed by atoms with Crippen molar-refractivity contribution < 1.29 is 64.4 Å². The number of ether oxygens (including phenoxy) is 10. The molecule has 0 radical (unpaired) electrons. The second-order valence-corrected chi connectivity index (χ2v) is 13.4. The number of fused-ring (bicyclic) bond motifs is 1. The smallest absolute Gasteiger partial charge is 0.339 e. The molecular formula is C40H44O15S. The van der Waals surface area contributed by atoms with Crippen LogP contribution in [-0.4, -0.2) is 84.0 Å². The molecule has 4 aromatic carbocycles. The second-order valence-electron chi connectivity index (χ2n) is 11.8. The predicted molar refractivity (Wildman–Crippen MR) is 204 cm³/mol. The first-order valence-corrected chi connectivity index (χ1v) is 18.6. The van der Waals surface area contributed by atoms with Crippen LogP contribution < -0.4 is 38.0 Å². The average molecular weight is 797 g/mol. The molecule has 5 aromatic rings. The molecule has 300 valence electrons. The zero-order chi connectivity index (χ0) is 40.1. The molecule has 0 unspecified atom stereocenters. The summed E-state index contributed by atoms with van der Waals surface area (Å²) in [5, 5.41) is -0.308. The molecule has 16 heteroatoms. The van der Waals surface area contributed by atoms with E-state index in [9.17, 15) is 13.2 Å². The number of rotatable bonds is 22. The fourth-order valence-electron chi connectivity index (χ4n) is 5.34. The number of hydrogen-bond acceptors (Lipinski definition) is 15. The first-order chi connectivity index (χ1) is 27.2. The van der Waals surface area contributed by atoms with Gasteiger partial charge in [0.15, 0.2) is 42.2 Å². The summed E-state index contributed by atoms with van der Waals surface area (Å²) in [5.41, 5.74) is 0.779. The molecule has 1 heterocycles. The summed E-state index contributed by atoms with van der Waals surface area (Å²) < 4.78 is 96.2. The van der Waals surface area contributed by atoms with E-state index >= 15 is 0 Å². The minimum atomic E-state index is -4.63. The van der Waals surface area contributed by atoms with E-state index in [1.165, 1.54) is 53.7 Å². The summed E-state index contributed by atoms with van der Waals surface area (Å²) in [6.45, 7) is 2.18. The number of methoxy groups -OCH3 is 5. The van der Waals surface area contributed by atoms with Crippen LogP contribution in [0.5, 0.6) is 40.2 Å². The van der Waals surface area contributed by atoms with E-state index in [1.54, 1.807) is 31.2 Å². The Labute approximate surface area is 324 Å². The quantitative estimate of drug-likeness (QED) is 0.0445. The maximum Gasteiger partial charge on any atom is 0.339 e. The van der Waals surface area contributed by atoms with E-state index in [4.69, 9.17) is 56.0 Å². The Morgan fingerprint density at radius 2 is 1.27 bits per heavy atom. The predicted octanol–water partition coefficient (Wildman–Crippen LogP) is 6.14. The van der Waals surface area contributed by atoms with E-state index < -0.39 is 28.1 Å². The van der Waals surface area contributed by atoms with Crippen LogP contribution in [0.25, 0.3) is 22.3 Å². The molecule has 0 amide bonds. The highest BCUT2D eigenvalue weighted by Gasteiger charge is 2.33. The third-order valence-corrected chi connectivity index (χ3v) is 9.37. The van der Waals surface area contributed by atoms with Crippen molar-refractivity contribution in [3.63, 3.8) is 0 Å². The minimum absolute atomic E-state index is 0.0282. The molecule has 0 N–H and O–H groups in total. The van der Waals surface area contributed by atoms with Crippen LogP contribution in [0.1, 0.15) is 11.1 Å². The molecular weight excluding hydrogens is 752 g/mol. The van der Waals surface area contributed by atoms with Crippen molar-refractivity contribution in [2.45, 2.75) is 18.4 Å². The maximum atomic E-state index is 14.9. The van der Waals surface area contributed by atoms with Crippen LogP contribution in [0.15, 0.2) is 86.9 Å². The van der Waals surface area contributed by atoms with Gasteiger partial charge in [-0.1, -0.05) is 48.0 Å². The first kappa shape index (κ1) is 41.6. The Bertz CT molecular complexity index is 2220. The number of aryl methyl sites for hydroxylation is 1. The Balaban J connectivity index is 1.75. The van der Waals surface area contributed by atoms with Gasteiger partial charge in [0.1, 0.15) is 16.9 Å². The van der Waals surface area contributed by atoms with E-state index in [1.807, 2.05) is 30.3 Å². The summed E-state index contributed by atoms with van der Waals surface area (Å²) in [6.07, 6.45) is 0. The van der Waals surface area contributed by atoms with Crippen LogP contribution in [0.4, 0.5) is 0 Å². The maximum absolute atomic E-state index is 14.9. The zero-order valence-electron chi connectivity index (χ0n) is 31.9. The number of hydrogen-bond donors (Lipinski definition) is 0. The second kappa shape index (κ2) is 19.9. The third-order valence-electron chi connectivity index (χ3n) is 8.13. The molecule has 0 aliphatic carbocycles. The van der Waals surface area contributed by atoms with Crippen LogP contribution in [0, 0.1) is 6.92 Å². The van der Waals surface area contributed by atoms with Gasteiger partial charge in [-0.3, -0.25) is 4.79 Å². The van der Waals surface area contributed by atoms with Gasteiger partial charge in [-0.05, 0) is 42.8 Å². The minimum Gasteiger partial charge on any atom is -0.493 e. The van der Waals surface area contributed by atoms with Gasteiger partial charge in [-0.25, -0.2) is 0 Å². The lowest BCUT2D eigenvalue weighted by atomic mass is 10.1. The normalized spacial score (nSPS) is 11.3. The van der Waals surface area contributed by atoms with Gasteiger partial charge in [-0.15, -0.1) is 0 Å². The molecule has 0 aliphatic heterocycles. The molecule has 1 aromatic heterocycles. The highest BCUT2D eigenvalue weighted by molar-refractivity contribution is 7.87. The van der Waals surface area contributed by atoms with Crippen LogP contribution in [-0.2, 0) is 35.7 Å². The van der Waals surface area contributed by atoms with Crippen LogP contribution in [0.2, 0.25) is 0 Å². The summed E-state index contributed by atoms with van der Waals surface area (Å²) in [5.74, 6) is -0.821. The lowest BCUT2D eigenvalue weighted by Crippen LogP contribution is -2.19. The van der Waals surface area contributed by atoms with E-state index in [-0.39, 0.29) is 95.8 Å². The summed E-state index contributed by atoms with van der Waals surface area (Å²) in [7, 11) is 2.53. The van der Waals surface area contributed by atoms with E-state index in [0.29, 0.717) is 5.75 Å². The molecule has 56 heavy (non-hydrogen) atoms. The Kier molecular flexibility index (Phi) is 14.8. The fraction of sp³-hybridized carbons (Fsp3) is 0.325. The van der Waals surface area contributed by atoms with Gasteiger partial charge in [0.2, 0.25) is 28.4 Å². The molecule has 15 nitrogen and oxygen atoms in total. The van der Waals surface area contributed by atoms with Crippen molar-refractivity contribution in [2.75, 3.05) is 75.6 Å². The molecule has 0 aliphatic rings. The highest BCUT2D eigenvalue weighted by Crippen LogP contribution is 2.52. The van der Waals surface area contributed by atoms with Gasteiger partial charge in [-0.2, -0.15) is 8.42 Å². The van der Waals surface area contributed by atoms with Crippen molar-refractivity contribution in [2.24, 2.45) is 0 Å². The largest absolute Gasteiger partial charge is 0.493 e. The lowest BCUT2D eigenvalue weighted by Gasteiger charge is -2.21. The molecule has 0 spiro atoms. The zero-order valence-corrected chi connectivity index (χ0v) is 32.7. The van der Waals surface area contributed by atoms with Gasteiger partial charge in [0.05, 0.1) is 47.8 Å². The SMILES string of the molecule is COCCOCOc1c(OC)c(OC)c2oc(-c3ccc(OCc4ccccc4)c(OC)c3)c(OS(=O)(=O)c3ccc(C)cc3)c(=O)c2c1OCOCCOC. The van der Waals surface area contributed by atoms with Gasteiger partial charge >= 0.3 is 10.1 Å². The molecule has 0 saturated carbocycles. The van der Waals surface area contributed by atoms with Crippen LogP contribution in [0.3, 0.4) is 0 Å². The lowest BCUT2D eigenvalue weighted by molar-refractivity contribution is -0.0210.